The van der Waals surface area contributed by atoms with Crippen molar-refractivity contribution in [2.24, 2.45) is 28.6 Å². The van der Waals surface area contributed by atoms with Crippen LogP contribution in [-0.4, -0.2) is 5.78 Å². The number of Topliss-reactive ketones (excluding diaryl/α,β-unsaturated/α-hetero) is 1. The summed E-state index contributed by atoms with van der Waals surface area (Å²) < 4.78 is 0. The molecule has 2 rings (SSSR count). The van der Waals surface area contributed by atoms with Gasteiger partial charge in [-0.15, -0.1) is 0 Å². The highest BCUT2D eigenvalue weighted by Crippen LogP contribution is 2.57. The van der Waals surface area contributed by atoms with E-state index in [1.54, 1.807) is 6.92 Å². The fourth-order valence-electron chi connectivity index (χ4n) is 4.43. The Kier molecular flexibility index (Phi) is 3.16. The van der Waals surface area contributed by atoms with Crippen molar-refractivity contribution in [3.63, 3.8) is 0 Å². The van der Waals surface area contributed by atoms with Gasteiger partial charge in [-0.25, -0.2) is 0 Å². The highest BCUT2D eigenvalue weighted by molar-refractivity contribution is 5.82. The fourth-order valence-corrected chi connectivity index (χ4v) is 4.43. The number of carbonyl (C=O) groups is 1. The monoisotopic (exact) mass is 236 g/mol. The van der Waals surface area contributed by atoms with Crippen LogP contribution in [0.3, 0.4) is 0 Å². The van der Waals surface area contributed by atoms with Gasteiger partial charge in [0, 0.05) is 5.41 Å². The Morgan fingerprint density at radius 2 is 1.88 bits per heavy atom. The first kappa shape index (κ1) is 13.1. The van der Waals surface area contributed by atoms with E-state index >= 15 is 0 Å². The molecule has 2 aliphatic rings. The average Bonchev–Trinajstić information content (AvgIpc) is 2.21. The molecular formula is C16H28O. The smallest absolute Gasteiger partial charge is 0.135 e. The molecule has 2 aliphatic carbocycles. The van der Waals surface area contributed by atoms with E-state index < -0.39 is 0 Å². The van der Waals surface area contributed by atoms with E-state index in [2.05, 4.69) is 27.7 Å². The Morgan fingerprint density at radius 3 is 2.47 bits per heavy atom. The summed E-state index contributed by atoms with van der Waals surface area (Å²) in [7, 11) is 0. The van der Waals surface area contributed by atoms with Gasteiger partial charge in [-0.1, -0.05) is 40.5 Å². The summed E-state index contributed by atoms with van der Waals surface area (Å²) in [5, 5.41) is 0. The molecule has 0 aliphatic heterocycles. The van der Waals surface area contributed by atoms with Gasteiger partial charge in [-0.2, -0.15) is 0 Å². The zero-order valence-electron chi connectivity index (χ0n) is 12.2. The maximum absolute atomic E-state index is 12.0. The fraction of sp³-hybridized carbons (Fsp3) is 0.938. The van der Waals surface area contributed by atoms with Crippen LogP contribution in [0.1, 0.15) is 66.7 Å². The molecule has 2 fully saturated rings. The van der Waals surface area contributed by atoms with Crippen LogP contribution in [0.15, 0.2) is 0 Å². The molecule has 2 saturated carbocycles. The van der Waals surface area contributed by atoms with Gasteiger partial charge < -0.3 is 0 Å². The van der Waals surface area contributed by atoms with Crippen LogP contribution in [0.5, 0.6) is 0 Å². The maximum atomic E-state index is 12.0. The van der Waals surface area contributed by atoms with E-state index in [1.807, 2.05) is 0 Å². The Labute approximate surface area is 106 Å². The first-order chi connectivity index (χ1) is 7.77. The summed E-state index contributed by atoms with van der Waals surface area (Å²) in [5.41, 5.74) is 0.384. The lowest BCUT2D eigenvalue weighted by Gasteiger charge is -2.54. The van der Waals surface area contributed by atoms with Gasteiger partial charge in [0.1, 0.15) is 5.78 Å². The molecule has 0 saturated heterocycles. The third-order valence-electron chi connectivity index (χ3n) is 6.16. The second-order valence-corrected chi connectivity index (χ2v) is 7.56. The molecule has 1 nitrogen and oxygen atoms in total. The quantitative estimate of drug-likeness (QED) is 0.657. The first-order valence-corrected chi connectivity index (χ1v) is 7.28. The van der Waals surface area contributed by atoms with Crippen LogP contribution in [-0.2, 0) is 4.79 Å². The van der Waals surface area contributed by atoms with Crippen LogP contribution in [0.25, 0.3) is 0 Å². The van der Waals surface area contributed by atoms with Crippen LogP contribution in [0.2, 0.25) is 0 Å². The van der Waals surface area contributed by atoms with Crippen molar-refractivity contribution in [3.05, 3.63) is 0 Å². The molecule has 98 valence electrons. The van der Waals surface area contributed by atoms with Crippen LogP contribution < -0.4 is 0 Å². The van der Waals surface area contributed by atoms with E-state index in [0.29, 0.717) is 17.1 Å². The number of hydrogen-bond acceptors (Lipinski definition) is 1. The average molecular weight is 236 g/mol. The molecule has 1 heteroatoms. The number of rotatable bonds is 1. The summed E-state index contributed by atoms with van der Waals surface area (Å²) in [5.74, 6) is 2.61. The van der Waals surface area contributed by atoms with Gasteiger partial charge in [0.2, 0.25) is 0 Å². The number of ketones is 1. The number of hydrogen-bond donors (Lipinski definition) is 0. The lowest BCUT2D eigenvalue weighted by atomic mass is 9.50. The second-order valence-electron chi connectivity index (χ2n) is 7.56. The Hall–Kier alpha value is -0.330. The van der Waals surface area contributed by atoms with Gasteiger partial charge in [-0.05, 0) is 49.4 Å². The van der Waals surface area contributed by atoms with Gasteiger partial charge >= 0.3 is 0 Å². The summed E-state index contributed by atoms with van der Waals surface area (Å²) in [4.78, 5) is 12.0. The predicted octanol–water partition coefficient (Wildman–Crippen LogP) is 4.45. The minimum Gasteiger partial charge on any atom is -0.299 e. The van der Waals surface area contributed by atoms with Gasteiger partial charge in [-0.3, -0.25) is 4.79 Å². The normalized spacial score (nSPS) is 45.1. The zero-order chi connectivity index (χ0) is 12.8. The molecule has 0 heterocycles. The third kappa shape index (κ3) is 2.06. The number of fused-ring (bicyclic) bond motifs is 1. The van der Waals surface area contributed by atoms with E-state index in [0.717, 1.165) is 18.3 Å². The van der Waals surface area contributed by atoms with E-state index in [9.17, 15) is 4.79 Å². The molecule has 0 spiro atoms. The first-order valence-electron chi connectivity index (χ1n) is 7.28. The third-order valence-corrected chi connectivity index (χ3v) is 6.16. The summed E-state index contributed by atoms with van der Waals surface area (Å²) >= 11 is 0. The maximum Gasteiger partial charge on any atom is 0.135 e. The van der Waals surface area contributed by atoms with Gasteiger partial charge in [0.05, 0.1) is 0 Å². The van der Waals surface area contributed by atoms with Crippen molar-refractivity contribution in [2.45, 2.75) is 66.7 Å². The summed E-state index contributed by atoms with van der Waals surface area (Å²) in [6, 6.07) is 0. The lowest BCUT2D eigenvalue weighted by Crippen LogP contribution is -2.48. The van der Waals surface area contributed by atoms with Crippen molar-refractivity contribution in [1.29, 1.82) is 0 Å². The second kappa shape index (κ2) is 4.10. The molecule has 0 amide bonds. The largest absolute Gasteiger partial charge is 0.299 e. The molecule has 0 aromatic heterocycles. The van der Waals surface area contributed by atoms with Crippen LogP contribution >= 0.6 is 0 Å². The molecule has 3 unspecified atom stereocenters. The summed E-state index contributed by atoms with van der Waals surface area (Å²) in [6.07, 6.45) is 6.52. The van der Waals surface area contributed by atoms with Crippen LogP contribution in [0, 0.1) is 28.6 Å². The van der Waals surface area contributed by atoms with Crippen molar-refractivity contribution in [2.75, 3.05) is 0 Å². The van der Waals surface area contributed by atoms with Crippen molar-refractivity contribution < 1.29 is 4.79 Å². The van der Waals surface area contributed by atoms with Crippen molar-refractivity contribution >= 4 is 5.78 Å². The van der Waals surface area contributed by atoms with Gasteiger partial charge in [0.25, 0.3) is 0 Å². The zero-order valence-corrected chi connectivity index (χ0v) is 12.2. The van der Waals surface area contributed by atoms with E-state index in [-0.39, 0.29) is 5.41 Å². The Balaban J connectivity index is 2.26. The minimum atomic E-state index is -0.0597. The predicted molar refractivity (Wildman–Crippen MR) is 71.8 cm³/mol. The molecule has 0 radical (unpaired) electrons. The molecule has 4 atom stereocenters. The van der Waals surface area contributed by atoms with Crippen LogP contribution in [0.4, 0.5) is 0 Å². The lowest BCUT2D eigenvalue weighted by molar-refractivity contribution is -0.136. The molecule has 0 bridgehead atoms. The highest BCUT2D eigenvalue weighted by Gasteiger charge is 2.50. The molecular weight excluding hydrogens is 208 g/mol. The molecule has 0 N–H and O–H groups in total. The topological polar surface area (TPSA) is 17.1 Å². The van der Waals surface area contributed by atoms with E-state index in [4.69, 9.17) is 0 Å². The molecule has 17 heavy (non-hydrogen) atoms. The SMILES string of the molecule is CC(=O)[C@]1(C)CC2C(CCCC2(C)C)CC1C. The Bertz CT molecular complexity index is 317. The molecule has 0 aromatic carbocycles. The van der Waals surface area contributed by atoms with Gasteiger partial charge in [0.15, 0.2) is 0 Å². The van der Waals surface area contributed by atoms with E-state index in [1.165, 1.54) is 25.7 Å². The minimum absolute atomic E-state index is 0.0597. The molecule has 0 aromatic rings. The summed E-state index contributed by atoms with van der Waals surface area (Å²) in [6.45, 7) is 11.1. The van der Waals surface area contributed by atoms with Crippen molar-refractivity contribution in [1.82, 2.24) is 0 Å². The standard InChI is InChI=1S/C16H28O/c1-11-9-13-7-6-8-15(3,4)14(13)10-16(11,5)12(2)17/h11,13-14H,6-10H2,1-5H3/t11?,13?,14?,16-/m1/s1. The Morgan fingerprint density at radius 1 is 1.24 bits per heavy atom. The van der Waals surface area contributed by atoms with Crippen molar-refractivity contribution in [3.8, 4) is 0 Å². The highest BCUT2D eigenvalue weighted by atomic mass is 16.1. The number of carbonyl (C=O) groups excluding carboxylic acids is 1.